The van der Waals surface area contributed by atoms with E-state index in [9.17, 15) is 13.6 Å². The standard InChI is InChI=1S/C5H10F2N2O3/c1-11-2-3-12-5(6,7)4(10)9-8/h2-3,8H2,1H3,(H,9,10). The molecule has 0 aliphatic rings. The average molecular weight is 184 g/mol. The lowest BCUT2D eigenvalue weighted by atomic mass is 10.6. The first kappa shape index (κ1) is 11.2. The molecule has 1 amide bonds. The number of nitrogens with two attached hydrogens (primary N) is 1. The molecule has 0 spiro atoms. The van der Waals surface area contributed by atoms with E-state index in [4.69, 9.17) is 0 Å². The van der Waals surface area contributed by atoms with Gasteiger partial charge in [-0.1, -0.05) is 0 Å². The first-order chi connectivity index (χ1) is 5.54. The molecular weight excluding hydrogens is 174 g/mol. The molecule has 0 aromatic rings. The first-order valence-corrected chi connectivity index (χ1v) is 3.06. The smallest absolute Gasteiger partial charge is 0.382 e. The van der Waals surface area contributed by atoms with E-state index in [2.05, 4.69) is 15.3 Å². The molecule has 0 aliphatic heterocycles. The molecule has 0 aromatic carbocycles. The Morgan fingerprint density at radius 1 is 1.58 bits per heavy atom. The van der Waals surface area contributed by atoms with Crippen molar-refractivity contribution < 1.29 is 23.0 Å². The molecule has 0 rings (SSSR count). The molecule has 72 valence electrons. The molecule has 0 radical (unpaired) electrons. The van der Waals surface area contributed by atoms with E-state index in [0.717, 1.165) is 0 Å². The van der Waals surface area contributed by atoms with Gasteiger partial charge in [0.25, 0.3) is 0 Å². The number of amides is 1. The number of methoxy groups -OCH3 is 1. The second kappa shape index (κ2) is 4.96. The van der Waals surface area contributed by atoms with Gasteiger partial charge in [0.15, 0.2) is 0 Å². The lowest BCUT2D eigenvalue weighted by Gasteiger charge is -2.13. The van der Waals surface area contributed by atoms with E-state index in [1.165, 1.54) is 12.5 Å². The van der Waals surface area contributed by atoms with Crippen molar-refractivity contribution >= 4 is 5.91 Å². The minimum absolute atomic E-state index is 0.0204. The van der Waals surface area contributed by atoms with Crippen molar-refractivity contribution in [3.8, 4) is 0 Å². The fourth-order valence-corrected chi connectivity index (χ4v) is 0.403. The summed E-state index contributed by atoms with van der Waals surface area (Å²) in [5.41, 5.74) is 1.28. The van der Waals surface area contributed by atoms with Crippen molar-refractivity contribution in [2.75, 3.05) is 20.3 Å². The van der Waals surface area contributed by atoms with Crippen molar-refractivity contribution in [3.63, 3.8) is 0 Å². The van der Waals surface area contributed by atoms with Crippen molar-refractivity contribution in [2.45, 2.75) is 6.11 Å². The topological polar surface area (TPSA) is 73.6 Å². The maximum atomic E-state index is 12.4. The van der Waals surface area contributed by atoms with Gasteiger partial charge in [-0.3, -0.25) is 10.2 Å². The predicted octanol–water partition coefficient (Wildman–Crippen LogP) is -0.768. The predicted molar refractivity (Wildman–Crippen MR) is 35.1 cm³/mol. The van der Waals surface area contributed by atoms with E-state index in [1.807, 2.05) is 0 Å². The van der Waals surface area contributed by atoms with Gasteiger partial charge in [-0.05, 0) is 0 Å². The lowest BCUT2D eigenvalue weighted by molar-refractivity contribution is -0.234. The van der Waals surface area contributed by atoms with E-state index in [-0.39, 0.29) is 13.2 Å². The van der Waals surface area contributed by atoms with Gasteiger partial charge in [-0.2, -0.15) is 8.78 Å². The Morgan fingerprint density at radius 3 is 2.58 bits per heavy atom. The van der Waals surface area contributed by atoms with E-state index in [1.54, 1.807) is 0 Å². The second-order valence-electron chi connectivity index (χ2n) is 1.83. The van der Waals surface area contributed by atoms with Crippen LogP contribution in [0.1, 0.15) is 0 Å². The summed E-state index contributed by atoms with van der Waals surface area (Å²) in [5.74, 6) is 2.79. The largest absolute Gasteiger partial charge is 0.437 e. The Labute approximate surface area is 67.8 Å². The number of alkyl halides is 2. The van der Waals surface area contributed by atoms with Crippen LogP contribution in [0.2, 0.25) is 0 Å². The molecule has 5 nitrogen and oxygen atoms in total. The van der Waals surface area contributed by atoms with E-state index < -0.39 is 12.0 Å². The molecule has 0 aliphatic carbocycles. The number of hydrogen-bond donors (Lipinski definition) is 2. The Kier molecular flexibility index (Phi) is 4.64. The highest BCUT2D eigenvalue weighted by Gasteiger charge is 2.39. The summed E-state index contributed by atoms with van der Waals surface area (Å²) in [6.45, 7) is -0.398. The summed E-state index contributed by atoms with van der Waals surface area (Å²) < 4.78 is 33.0. The Bertz CT molecular complexity index is 154. The molecule has 3 N–H and O–H groups in total. The van der Waals surface area contributed by atoms with Gasteiger partial charge in [0.05, 0.1) is 13.2 Å². The zero-order valence-corrected chi connectivity index (χ0v) is 6.47. The summed E-state index contributed by atoms with van der Waals surface area (Å²) in [7, 11) is 1.32. The van der Waals surface area contributed by atoms with Crippen molar-refractivity contribution in [1.29, 1.82) is 0 Å². The van der Waals surface area contributed by atoms with Gasteiger partial charge in [0, 0.05) is 7.11 Å². The van der Waals surface area contributed by atoms with Gasteiger partial charge >= 0.3 is 12.0 Å². The molecule has 0 bridgehead atoms. The second-order valence-corrected chi connectivity index (χ2v) is 1.83. The zero-order chi connectivity index (χ0) is 9.61. The van der Waals surface area contributed by atoms with Gasteiger partial charge in [-0.15, -0.1) is 0 Å². The molecular formula is C5H10F2N2O3. The quantitative estimate of drug-likeness (QED) is 0.255. The fraction of sp³-hybridized carbons (Fsp3) is 0.800. The third kappa shape index (κ3) is 3.56. The van der Waals surface area contributed by atoms with Crippen LogP contribution in [0.3, 0.4) is 0 Å². The van der Waals surface area contributed by atoms with Gasteiger partial charge < -0.3 is 9.47 Å². The third-order valence-electron chi connectivity index (χ3n) is 0.966. The Morgan fingerprint density at radius 2 is 2.17 bits per heavy atom. The summed E-state index contributed by atoms with van der Waals surface area (Å²) >= 11 is 0. The minimum atomic E-state index is -3.90. The number of rotatable bonds is 5. The van der Waals surface area contributed by atoms with Crippen LogP contribution in [-0.2, 0) is 14.3 Å². The summed E-state index contributed by atoms with van der Waals surface area (Å²) in [6.07, 6.45) is -3.90. The molecule has 0 atom stereocenters. The molecule has 7 heteroatoms. The highest BCUT2D eigenvalue weighted by molar-refractivity contribution is 5.81. The number of halogens is 2. The molecule has 0 unspecified atom stereocenters. The number of carbonyl (C=O) groups is 1. The van der Waals surface area contributed by atoms with E-state index >= 15 is 0 Å². The van der Waals surface area contributed by atoms with E-state index in [0.29, 0.717) is 0 Å². The molecule has 0 fully saturated rings. The molecule has 12 heavy (non-hydrogen) atoms. The summed E-state index contributed by atoms with van der Waals surface area (Å²) in [6, 6.07) is 0. The minimum Gasteiger partial charge on any atom is -0.382 e. The van der Waals surface area contributed by atoms with Crippen LogP contribution in [0.4, 0.5) is 8.78 Å². The lowest BCUT2D eigenvalue weighted by Crippen LogP contribution is -2.45. The van der Waals surface area contributed by atoms with Crippen LogP contribution in [0.5, 0.6) is 0 Å². The Balaban J connectivity index is 3.78. The van der Waals surface area contributed by atoms with Crippen LogP contribution in [0, 0.1) is 0 Å². The number of nitrogens with one attached hydrogen (secondary N) is 1. The van der Waals surface area contributed by atoms with Crippen LogP contribution >= 0.6 is 0 Å². The number of hydrogen-bond acceptors (Lipinski definition) is 4. The highest BCUT2D eigenvalue weighted by atomic mass is 19.3. The van der Waals surface area contributed by atoms with Gasteiger partial charge in [0.1, 0.15) is 0 Å². The normalized spacial score (nSPS) is 11.3. The molecule has 0 heterocycles. The van der Waals surface area contributed by atoms with Gasteiger partial charge in [0.2, 0.25) is 0 Å². The average Bonchev–Trinajstić information content (AvgIpc) is 2.03. The highest BCUT2D eigenvalue weighted by Crippen LogP contribution is 2.14. The number of ether oxygens (including phenoxy) is 2. The molecule has 0 aromatic heterocycles. The maximum absolute atomic E-state index is 12.4. The van der Waals surface area contributed by atoms with Crippen LogP contribution in [0.25, 0.3) is 0 Å². The molecule has 0 saturated carbocycles. The van der Waals surface area contributed by atoms with Crippen LogP contribution in [-0.4, -0.2) is 32.3 Å². The van der Waals surface area contributed by atoms with Crippen LogP contribution < -0.4 is 11.3 Å². The Hall–Kier alpha value is -0.790. The fourth-order valence-electron chi connectivity index (χ4n) is 0.403. The van der Waals surface area contributed by atoms with Gasteiger partial charge in [-0.25, -0.2) is 5.84 Å². The summed E-state index contributed by atoms with van der Waals surface area (Å²) in [4.78, 5) is 10.3. The monoisotopic (exact) mass is 184 g/mol. The zero-order valence-electron chi connectivity index (χ0n) is 6.47. The van der Waals surface area contributed by atoms with Crippen LogP contribution in [0.15, 0.2) is 0 Å². The first-order valence-electron chi connectivity index (χ1n) is 3.06. The third-order valence-corrected chi connectivity index (χ3v) is 0.966. The van der Waals surface area contributed by atoms with Crippen molar-refractivity contribution in [2.24, 2.45) is 5.84 Å². The molecule has 0 saturated heterocycles. The number of hydrazine groups is 1. The van der Waals surface area contributed by atoms with Crippen molar-refractivity contribution in [1.82, 2.24) is 5.43 Å². The SMILES string of the molecule is COCCOC(F)(F)C(=O)NN. The number of carbonyl (C=O) groups excluding carboxylic acids is 1. The summed E-state index contributed by atoms with van der Waals surface area (Å²) in [5, 5.41) is 0. The van der Waals surface area contributed by atoms with Crippen molar-refractivity contribution in [3.05, 3.63) is 0 Å². The maximum Gasteiger partial charge on any atom is 0.437 e.